The fourth-order valence-corrected chi connectivity index (χ4v) is 3.13. The maximum atomic E-state index is 4.74. The number of aryl methyl sites for hydroxylation is 1. The second-order valence-electron chi connectivity index (χ2n) is 6.22. The van der Waals surface area contributed by atoms with Crippen molar-refractivity contribution in [3.63, 3.8) is 0 Å². The van der Waals surface area contributed by atoms with E-state index in [0.717, 1.165) is 37.0 Å². The van der Waals surface area contributed by atoms with Gasteiger partial charge in [-0.3, -0.25) is 0 Å². The smallest absolute Gasteiger partial charge is 0.151 e. The molecule has 0 amide bonds. The lowest BCUT2D eigenvalue weighted by atomic mass is 9.94. The molecule has 0 N–H and O–H groups in total. The zero-order valence-corrected chi connectivity index (χ0v) is 11.6. The third-order valence-corrected chi connectivity index (χ3v) is 4.45. The number of fused-ring (bicyclic) bond motifs is 1. The van der Waals surface area contributed by atoms with Crippen molar-refractivity contribution < 1.29 is 0 Å². The lowest BCUT2D eigenvalue weighted by molar-refractivity contribution is 0.217. The molecule has 0 spiro atoms. The van der Waals surface area contributed by atoms with E-state index in [9.17, 15) is 0 Å². The minimum absolute atomic E-state index is 0.760. The fourth-order valence-electron chi connectivity index (χ4n) is 3.13. The highest BCUT2D eigenvalue weighted by atomic mass is 15.4. The zero-order valence-electron chi connectivity index (χ0n) is 11.6. The molecule has 0 aromatic carbocycles. The summed E-state index contributed by atoms with van der Waals surface area (Å²) < 4.78 is 2.15. The van der Waals surface area contributed by atoms with Crippen molar-refractivity contribution in [2.45, 2.75) is 45.6 Å². The first-order valence-electron chi connectivity index (χ1n) is 7.32. The second-order valence-corrected chi connectivity index (χ2v) is 6.22. The number of aromatic nitrogens is 3. The topological polar surface area (TPSA) is 34.0 Å². The van der Waals surface area contributed by atoms with Crippen molar-refractivity contribution in [3.8, 4) is 0 Å². The van der Waals surface area contributed by atoms with Crippen LogP contribution < -0.4 is 0 Å². The van der Waals surface area contributed by atoms with Gasteiger partial charge in [0, 0.05) is 19.4 Å². The maximum absolute atomic E-state index is 4.74. The monoisotopic (exact) mass is 248 g/mol. The molecule has 0 radical (unpaired) electrons. The summed E-state index contributed by atoms with van der Waals surface area (Å²) in [6.45, 7) is 5.83. The standard InChI is InChI=1S/C14H24N4/c1-11-3-4-14-15-13(16-18(14)10-11)9-12-5-7-17(2)8-6-12/h11-12H,3-10H2,1-2H3. The fraction of sp³-hybridized carbons (Fsp3) is 0.857. The first-order valence-corrected chi connectivity index (χ1v) is 7.32. The molecule has 4 heteroatoms. The Morgan fingerprint density at radius 3 is 2.78 bits per heavy atom. The van der Waals surface area contributed by atoms with E-state index in [-0.39, 0.29) is 0 Å². The number of hydrogen-bond donors (Lipinski definition) is 0. The normalized spacial score (nSPS) is 26.2. The van der Waals surface area contributed by atoms with E-state index >= 15 is 0 Å². The predicted octanol–water partition coefficient (Wildman–Crippen LogP) is 1.74. The van der Waals surface area contributed by atoms with Crippen LogP contribution in [0, 0.1) is 11.8 Å². The van der Waals surface area contributed by atoms with Gasteiger partial charge in [-0.2, -0.15) is 5.10 Å². The van der Waals surface area contributed by atoms with Gasteiger partial charge in [0.05, 0.1) is 0 Å². The van der Waals surface area contributed by atoms with E-state index in [1.54, 1.807) is 0 Å². The Morgan fingerprint density at radius 2 is 2.00 bits per heavy atom. The molecule has 4 nitrogen and oxygen atoms in total. The third-order valence-electron chi connectivity index (χ3n) is 4.45. The Labute approximate surface area is 109 Å². The molecule has 0 bridgehead atoms. The molecule has 1 atom stereocenters. The van der Waals surface area contributed by atoms with Gasteiger partial charge in [-0.15, -0.1) is 0 Å². The molecule has 3 heterocycles. The zero-order chi connectivity index (χ0) is 12.5. The average molecular weight is 248 g/mol. The Bertz CT molecular complexity index is 404. The van der Waals surface area contributed by atoms with Crippen molar-refractivity contribution in [1.29, 1.82) is 0 Å². The highest BCUT2D eigenvalue weighted by Crippen LogP contribution is 2.22. The number of rotatable bonds is 2. The van der Waals surface area contributed by atoms with Crippen molar-refractivity contribution >= 4 is 0 Å². The Hall–Kier alpha value is -0.900. The Kier molecular flexibility index (Phi) is 3.37. The van der Waals surface area contributed by atoms with Gasteiger partial charge in [0.2, 0.25) is 0 Å². The number of likely N-dealkylation sites (tertiary alicyclic amines) is 1. The van der Waals surface area contributed by atoms with Crippen LogP contribution in [0.3, 0.4) is 0 Å². The van der Waals surface area contributed by atoms with Crippen LogP contribution in [-0.4, -0.2) is 39.8 Å². The van der Waals surface area contributed by atoms with Crippen LogP contribution >= 0.6 is 0 Å². The highest BCUT2D eigenvalue weighted by molar-refractivity contribution is 4.98. The summed E-state index contributed by atoms with van der Waals surface area (Å²) in [6, 6.07) is 0. The first kappa shape index (κ1) is 12.2. The van der Waals surface area contributed by atoms with Gasteiger partial charge < -0.3 is 4.90 Å². The molecular weight excluding hydrogens is 224 g/mol. The second kappa shape index (κ2) is 5.00. The van der Waals surface area contributed by atoms with Crippen LogP contribution in [0.15, 0.2) is 0 Å². The van der Waals surface area contributed by atoms with Crippen molar-refractivity contribution in [2.24, 2.45) is 11.8 Å². The largest absolute Gasteiger partial charge is 0.306 e. The van der Waals surface area contributed by atoms with E-state index in [0.29, 0.717) is 0 Å². The van der Waals surface area contributed by atoms with Gasteiger partial charge in [-0.05, 0) is 51.2 Å². The van der Waals surface area contributed by atoms with Crippen LogP contribution in [0.25, 0.3) is 0 Å². The van der Waals surface area contributed by atoms with Gasteiger partial charge in [0.1, 0.15) is 5.82 Å². The molecule has 1 aromatic rings. The number of hydrogen-bond acceptors (Lipinski definition) is 3. The summed E-state index contributed by atoms with van der Waals surface area (Å²) in [6.07, 6.45) is 6.07. The summed E-state index contributed by atoms with van der Waals surface area (Å²) in [4.78, 5) is 7.16. The molecular formula is C14H24N4. The molecule has 2 aliphatic heterocycles. The minimum Gasteiger partial charge on any atom is -0.306 e. The summed E-state index contributed by atoms with van der Waals surface area (Å²) >= 11 is 0. The molecule has 1 aromatic heterocycles. The molecule has 1 saturated heterocycles. The number of piperidine rings is 1. The molecule has 3 rings (SSSR count). The van der Waals surface area contributed by atoms with Crippen LogP contribution in [0.5, 0.6) is 0 Å². The quantitative estimate of drug-likeness (QED) is 0.799. The molecule has 1 fully saturated rings. The van der Waals surface area contributed by atoms with Crippen LogP contribution in [-0.2, 0) is 19.4 Å². The highest BCUT2D eigenvalue weighted by Gasteiger charge is 2.22. The van der Waals surface area contributed by atoms with Crippen LogP contribution in [0.4, 0.5) is 0 Å². The maximum Gasteiger partial charge on any atom is 0.151 e. The molecule has 18 heavy (non-hydrogen) atoms. The minimum atomic E-state index is 0.760. The van der Waals surface area contributed by atoms with Crippen LogP contribution in [0.2, 0.25) is 0 Å². The van der Waals surface area contributed by atoms with E-state index in [1.165, 1.54) is 38.2 Å². The lowest BCUT2D eigenvalue weighted by Gasteiger charge is -2.28. The van der Waals surface area contributed by atoms with E-state index in [1.807, 2.05) is 0 Å². The summed E-state index contributed by atoms with van der Waals surface area (Å²) in [5, 5.41) is 4.71. The van der Waals surface area contributed by atoms with Crippen molar-refractivity contribution in [3.05, 3.63) is 11.6 Å². The molecule has 1 unspecified atom stereocenters. The van der Waals surface area contributed by atoms with E-state index < -0.39 is 0 Å². The lowest BCUT2D eigenvalue weighted by Crippen LogP contribution is -2.31. The van der Waals surface area contributed by atoms with E-state index in [4.69, 9.17) is 10.1 Å². The van der Waals surface area contributed by atoms with Gasteiger partial charge in [0.15, 0.2) is 5.82 Å². The van der Waals surface area contributed by atoms with Gasteiger partial charge >= 0.3 is 0 Å². The third kappa shape index (κ3) is 2.58. The van der Waals surface area contributed by atoms with Gasteiger partial charge in [-0.1, -0.05) is 6.92 Å². The van der Waals surface area contributed by atoms with Gasteiger partial charge in [-0.25, -0.2) is 9.67 Å². The van der Waals surface area contributed by atoms with E-state index in [2.05, 4.69) is 23.6 Å². The Balaban J connectivity index is 1.63. The summed E-state index contributed by atoms with van der Waals surface area (Å²) in [7, 11) is 2.21. The van der Waals surface area contributed by atoms with Crippen LogP contribution in [0.1, 0.15) is 37.8 Å². The molecule has 100 valence electrons. The average Bonchev–Trinajstić information content (AvgIpc) is 2.73. The predicted molar refractivity (Wildman–Crippen MR) is 71.4 cm³/mol. The molecule has 2 aliphatic rings. The SMILES string of the molecule is CC1CCc2nc(CC3CCN(C)CC3)nn2C1. The van der Waals surface area contributed by atoms with Crippen molar-refractivity contribution in [2.75, 3.05) is 20.1 Å². The number of nitrogens with zero attached hydrogens (tertiary/aromatic N) is 4. The Morgan fingerprint density at radius 1 is 1.22 bits per heavy atom. The van der Waals surface area contributed by atoms with Crippen molar-refractivity contribution in [1.82, 2.24) is 19.7 Å². The van der Waals surface area contributed by atoms with Gasteiger partial charge in [0.25, 0.3) is 0 Å². The molecule has 0 aliphatic carbocycles. The molecule has 0 saturated carbocycles. The summed E-state index contributed by atoms with van der Waals surface area (Å²) in [5.74, 6) is 3.86. The summed E-state index contributed by atoms with van der Waals surface area (Å²) in [5.41, 5.74) is 0. The first-order chi connectivity index (χ1) is 8.70.